The Morgan fingerprint density at radius 3 is 1.70 bits per heavy atom. The maximum atomic E-state index is 14.9. The first kappa shape index (κ1) is 22.7. The van der Waals surface area contributed by atoms with Crippen LogP contribution in [0.2, 0.25) is 0 Å². The van der Waals surface area contributed by atoms with Crippen LogP contribution in [0.25, 0.3) is 22.3 Å². The molecule has 168 valence electrons. The van der Waals surface area contributed by atoms with Gasteiger partial charge in [0.2, 0.25) is 0 Å². The molecule has 0 aliphatic carbocycles. The van der Waals surface area contributed by atoms with Crippen molar-refractivity contribution in [2.45, 2.75) is 26.7 Å². The van der Waals surface area contributed by atoms with Crippen LogP contribution in [0, 0.1) is 24.4 Å². The quantitative estimate of drug-likeness (QED) is 0.280. The molecule has 0 spiro atoms. The van der Waals surface area contributed by atoms with E-state index in [1.165, 1.54) is 6.07 Å². The van der Waals surface area contributed by atoms with Crippen molar-refractivity contribution in [3.8, 4) is 28.0 Å². The minimum absolute atomic E-state index is 0.225. The predicted molar refractivity (Wildman–Crippen MR) is 127 cm³/mol. The molecular weight excluding hydrogens is 421 g/mol. The van der Waals surface area contributed by atoms with Gasteiger partial charge in [0.15, 0.2) is 23.2 Å². The fourth-order valence-electron chi connectivity index (χ4n) is 3.84. The normalized spacial score (nSPS) is 10.9. The van der Waals surface area contributed by atoms with Gasteiger partial charge in [-0.25, -0.2) is 13.2 Å². The Hall–Kier alpha value is -3.53. The third kappa shape index (κ3) is 5.11. The Morgan fingerprint density at radius 1 is 0.636 bits per heavy atom. The summed E-state index contributed by atoms with van der Waals surface area (Å²) in [5.41, 5.74) is 4.69. The molecule has 1 nitrogen and oxygen atoms in total. The van der Waals surface area contributed by atoms with Gasteiger partial charge in [-0.05, 0) is 61.1 Å². The molecule has 0 heterocycles. The summed E-state index contributed by atoms with van der Waals surface area (Å²) in [6.07, 6.45) is 1.37. The van der Waals surface area contributed by atoms with Crippen molar-refractivity contribution in [3.05, 3.63) is 113 Å². The average molecular weight is 447 g/mol. The summed E-state index contributed by atoms with van der Waals surface area (Å²) in [4.78, 5) is 0. The number of hydrogen-bond donors (Lipinski definition) is 0. The summed E-state index contributed by atoms with van der Waals surface area (Å²) in [5.74, 6) is -1.81. The minimum atomic E-state index is -0.856. The fraction of sp³-hybridized carbons (Fsp3) is 0.172. The summed E-state index contributed by atoms with van der Waals surface area (Å²) in [5, 5.41) is 0. The Labute approximate surface area is 192 Å². The zero-order chi connectivity index (χ0) is 23.4. The van der Waals surface area contributed by atoms with Gasteiger partial charge in [-0.3, -0.25) is 0 Å². The maximum Gasteiger partial charge on any atom is 0.167 e. The second-order valence-corrected chi connectivity index (χ2v) is 8.05. The first-order valence-corrected chi connectivity index (χ1v) is 11.0. The van der Waals surface area contributed by atoms with Crippen LogP contribution >= 0.6 is 0 Å². The number of rotatable bonds is 7. The number of halogens is 3. The molecule has 0 atom stereocenters. The molecule has 0 bridgehead atoms. The molecule has 0 fully saturated rings. The minimum Gasteiger partial charge on any atom is -0.491 e. The zero-order valence-electron chi connectivity index (χ0n) is 18.7. The molecule has 0 unspecified atom stereocenters. The van der Waals surface area contributed by atoms with E-state index in [1.54, 1.807) is 42.5 Å². The standard InChI is InChI=1S/C29H25F3O/c1-3-33-27-17-10-21(18-26(27)30)7-6-20-8-13-23(14-9-20)25-16-15-24(28(31)29(25)32)22-11-4-19(2)5-12-22/h4-5,8-18H,3,6-7H2,1-2H3. The van der Waals surface area contributed by atoms with Crippen LogP contribution in [-0.4, -0.2) is 6.61 Å². The first-order chi connectivity index (χ1) is 16.0. The van der Waals surface area contributed by atoms with E-state index in [0.29, 0.717) is 30.6 Å². The Morgan fingerprint density at radius 2 is 1.15 bits per heavy atom. The first-order valence-electron chi connectivity index (χ1n) is 11.0. The monoisotopic (exact) mass is 446 g/mol. The SMILES string of the molecule is CCOc1ccc(CCc2ccc(-c3ccc(-c4ccc(C)cc4)c(F)c3F)cc2)cc1F. The highest BCUT2D eigenvalue weighted by atomic mass is 19.2. The van der Waals surface area contributed by atoms with Gasteiger partial charge in [-0.2, -0.15) is 0 Å². The number of hydrogen-bond acceptors (Lipinski definition) is 1. The molecule has 4 aromatic rings. The molecule has 0 amide bonds. The fourth-order valence-corrected chi connectivity index (χ4v) is 3.84. The van der Waals surface area contributed by atoms with Crippen molar-refractivity contribution >= 4 is 0 Å². The zero-order valence-corrected chi connectivity index (χ0v) is 18.7. The average Bonchev–Trinajstić information content (AvgIpc) is 2.82. The van der Waals surface area contributed by atoms with Gasteiger partial charge >= 0.3 is 0 Å². The molecule has 0 aromatic heterocycles. The maximum absolute atomic E-state index is 14.9. The summed E-state index contributed by atoms with van der Waals surface area (Å²) in [6, 6.07) is 22.9. The van der Waals surface area contributed by atoms with Crippen LogP contribution < -0.4 is 4.74 Å². The molecule has 0 aliphatic heterocycles. The third-order valence-electron chi connectivity index (χ3n) is 5.71. The lowest BCUT2D eigenvalue weighted by Gasteiger charge is -2.10. The van der Waals surface area contributed by atoms with Crippen LogP contribution in [0.3, 0.4) is 0 Å². The Balaban J connectivity index is 1.48. The van der Waals surface area contributed by atoms with Gasteiger partial charge in [0, 0.05) is 11.1 Å². The smallest absolute Gasteiger partial charge is 0.167 e. The van der Waals surface area contributed by atoms with Crippen molar-refractivity contribution in [2.75, 3.05) is 6.61 Å². The van der Waals surface area contributed by atoms with Gasteiger partial charge < -0.3 is 4.74 Å². The molecule has 4 aromatic carbocycles. The van der Waals surface area contributed by atoms with Crippen molar-refractivity contribution in [1.29, 1.82) is 0 Å². The van der Waals surface area contributed by atoms with Crippen molar-refractivity contribution in [3.63, 3.8) is 0 Å². The second-order valence-electron chi connectivity index (χ2n) is 8.05. The topological polar surface area (TPSA) is 9.23 Å². The van der Waals surface area contributed by atoms with Gasteiger partial charge in [0.1, 0.15) is 0 Å². The highest BCUT2D eigenvalue weighted by Crippen LogP contribution is 2.32. The summed E-state index contributed by atoms with van der Waals surface area (Å²) in [6.45, 7) is 4.18. The van der Waals surface area contributed by atoms with Crippen molar-refractivity contribution < 1.29 is 17.9 Å². The highest BCUT2D eigenvalue weighted by Gasteiger charge is 2.16. The van der Waals surface area contributed by atoms with Gasteiger partial charge in [-0.15, -0.1) is 0 Å². The van der Waals surface area contributed by atoms with E-state index in [2.05, 4.69) is 0 Å². The predicted octanol–water partition coefficient (Wildman–Crippen LogP) is 7.93. The number of benzene rings is 4. The lowest BCUT2D eigenvalue weighted by Crippen LogP contribution is -1.97. The van der Waals surface area contributed by atoms with Crippen molar-refractivity contribution in [1.82, 2.24) is 0 Å². The molecule has 0 N–H and O–H groups in total. The molecule has 0 radical (unpaired) electrons. The van der Waals surface area contributed by atoms with Crippen LogP contribution in [-0.2, 0) is 12.8 Å². The third-order valence-corrected chi connectivity index (χ3v) is 5.71. The van der Waals surface area contributed by atoms with Crippen LogP contribution in [0.4, 0.5) is 13.2 Å². The van der Waals surface area contributed by atoms with E-state index < -0.39 is 11.6 Å². The summed E-state index contributed by atoms with van der Waals surface area (Å²) >= 11 is 0. The Kier molecular flexibility index (Phi) is 6.83. The van der Waals surface area contributed by atoms with Gasteiger partial charge in [0.05, 0.1) is 6.61 Å². The Bertz CT molecular complexity index is 1250. The van der Waals surface area contributed by atoms with Crippen LogP contribution in [0.1, 0.15) is 23.6 Å². The number of ether oxygens (including phenoxy) is 1. The molecule has 0 saturated heterocycles. The van der Waals surface area contributed by atoms with Crippen LogP contribution in [0.15, 0.2) is 78.9 Å². The number of aryl methyl sites for hydroxylation is 3. The van der Waals surface area contributed by atoms with E-state index in [-0.39, 0.29) is 22.7 Å². The second kappa shape index (κ2) is 9.95. The van der Waals surface area contributed by atoms with E-state index in [0.717, 1.165) is 16.7 Å². The van der Waals surface area contributed by atoms with Crippen molar-refractivity contribution in [2.24, 2.45) is 0 Å². The van der Waals surface area contributed by atoms with E-state index in [1.807, 2.05) is 44.2 Å². The molecular formula is C29H25F3O. The summed E-state index contributed by atoms with van der Waals surface area (Å²) in [7, 11) is 0. The molecule has 0 saturated carbocycles. The molecule has 4 rings (SSSR count). The van der Waals surface area contributed by atoms with Gasteiger partial charge in [-0.1, -0.05) is 72.3 Å². The highest BCUT2D eigenvalue weighted by molar-refractivity contribution is 5.72. The molecule has 4 heteroatoms. The van der Waals surface area contributed by atoms with Crippen LogP contribution in [0.5, 0.6) is 5.75 Å². The van der Waals surface area contributed by atoms with E-state index >= 15 is 0 Å². The lowest BCUT2D eigenvalue weighted by atomic mass is 9.97. The summed E-state index contributed by atoms with van der Waals surface area (Å²) < 4.78 is 49.0. The van der Waals surface area contributed by atoms with E-state index in [4.69, 9.17) is 4.74 Å². The lowest BCUT2D eigenvalue weighted by molar-refractivity contribution is 0.321. The molecule has 33 heavy (non-hydrogen) atoms. The largest absolute Gasteiger partial charge is 0.491 e. The van der Waals surface area contributed by atoms with E-state index in [9.17, 15) is 13.2 Å². The molecule has 0 aliphatic rings. The van der Waals surface area contributed by atoms with Gasteiger partial charge in [0.25, 0.3) is 0 Å².